The summed E-state index contributed by atoms with van der Waals surface area (Å²) < 4.78 is 30.3. The van der Waals surface area contributed by atoms with Gasteiger partial charge >= 0.3 is 0 Å². The Morgan fingerprint density at radius 1 is 1.16 bits per heavy atom. The van der Waals surface area contributed by atoms with Crippen molar-refractivity contribution >= 4 is 17.5 Å². The van der Waals surface area contributed by atoms with Crippen LogP contribution in [0, 0.1) is 18.6 Å². The summed E-state index contributed by atoms with van der Waals surface area (Å²) in [5.74, 6) is -0.682. The first-order chi connectivity index (χ1) is 15.3. The molecule has 0 radical (unpaired) electrons. The lowest BCUT2D eigenvalue weighted by molar-refractivity contribution is 0.0940. The van der Waals surface area contributed by atoms with E-state index in [-0.39, 0.29) is 23.1 Å². The highest BCUT2D eigenvalue weighted by molar-refractivity contribution is 6.33. The number of nitrogens with zero attached hydrogens (tertiary/aromatic N) is 4. The molecular formula is C23H20ClF2N5O. The molecule has 0 fully saturated rings. The summed E-state index contributed by atoms with van der Waals surface area (Å²) in [6.07, 6.45) is 3.35. The zero-order valence-corrected chi connectivity index (χ0v) is 18.1. The standard InChI is InChI=1S/C23H20ClF2N5O/c1-14-19(21(24)31(29-14)13-15-6-8-17(25)9-7-15)23(32)28-20(22-27-10-11-30(22)2)16-4-3-5-18(26)12-16/h3-12,20H,13H2,1-2H3,(H,28,32). The Balaban J connectivity index is 1.65. The van der Waals surface area contributed by atoms with Gasteiger partial charge in [-0.2, -0.15) is 5.10 Å². The maximum Gasteiger partial charge on any atom is 0.257 e. The number of hydrogen-bond donors (Lipinski definition) is 1. The molecule has 6 nitrogen and oxygen atoms in total. The van der Waals surface area contributed by atoms with Gasteiger partial charge in [-0.3, -0.25) is 4.79 Å². The van der Waals surface area contributed by atoms with Gasteiger partial charge in [0.2, 0.25) is 0 Å². The van der Waals surface area contributed by atoms with Crippen LogP contribution in [0.4, 0.5) is 8.78 Å². The zero-order valence-electron chi connectivity index (χ0n) is 17.4. The average molecular weight is 456 g/mol. The van der Waals surface area contributed by atoms with Gasteiger partial charge in [-0.25, -0.2) is 18.4 Å². The second kappa shape index (κ2) is 8.92. The highest BCUT2D eigenvalue weighted by atomic mass is 35.5. The Hall–Kier alpha value is -3.52. The molecule has 0 spiro atoms. The topological polar surface area (TPSA) is 64.7 Å². The van der Waals surface area contributed by atoms with Crippen molar-refractivity contribution < 1.29 is 13.6 Å². The fourth-order valence-electron chi connectivity index (χ4n) is 3.52. The van der Waals surface area contributed by atoms with E-state index < -0.39 is 17.8 Å². The Morgan fingerprint density at radius 3 is 2.56 bits per heavy atom. The molecular weight excluding hydrogens is 436 g/mol. The molecule has 9 heteroatoms. The molecule has 2 aromatic carbocycles. The molecule has 2 aromatic heterocycles. The molecule has 4 aromatic rings. The molecule has 0 aliphatic carbocycles. The fraction of sp³-hybridized carbons (Fsp3) is 0.174. The highest BCUT2D eigenvalue weighted by Gasteiger charge is 2.26. The van der Waals surface area contributed by atoms with Crippen molar-refractivity contribution in [2.75, 3.05) is 0 Å². The van der Waals surface area contributed by atoms with Gasteiger partial charge in [0, 0.05) is 19.4 Å². The first kappa shape index (κ1) is 21.7. The number of aryl methyl sites for hydroxylation is 2. The smallest absolute Gasteiger partial charge is 0.257 e. The van der Waals surface area contributed by atoms with E-state index in [1.807, 2.05) is 0 Å². The monoisotopic (exact) mass is 455 g/mol. The maximum atomic E-state index is 13.9. The van der Waals surface area contributed by atoms with Crippen LogP contribution in [0.25, 0.3) is 0 Å². The van der Waals surface area contributed by atoms with E-state index in [0.717, 1.165) is 5.56 Å². The van der Waals surface area contributed by atoms with Crippen LogP contribution in [0.2, 0.25) is 5.15 Å². The lowest BCUT2D eigenvalue weighted by Gasteiger charge is -2.19. The van der Waals surface area contributed by atoms with Gasteiger partial charge in [-0.05, 0) is 42.3 Å². The van der Waals surface area contributed by atoms with E-state index in [2.05, 4.69) is 15.4 Å². The lowest BCUT2D eigenvalue weighted by Crippen LogP contribution is -2.31. The molecule has 0 bridgehead atoms. The van der Waals surface area contributed by atoms with E-state index in [1.54, 1.807) is 55.2 Å². The maximum absolute atomic E-state index is 13.9. The molecule has 0 aliphatic heterocycles. The van der Waals surface area contributed by atoms with E-state index in [9.17, 15) is 13.6 Å². The van der Waals surface area contributed by atoms with Crippen molar-refractivity contribution in [1.82, 2.24) is 24.6 Å². The average Bonchev–Trinajstić information content (AvgIpc) is 3.30. The Labute approximate surface area is 188 Å². The second-order valence-corrected chi connectivity index (χ2v) is 7.75. The molecule has 1 atom stereocenters. The third kappa shape index (κ3) is 4.40. The van der Waals surface area contributed by atoms with Gasteiger partial charge < -0.3 is 9.88 Å². The van der Waals surface area contributed by atoms with E-state index >= 15 is 0 Å². The number of rotatable bonds is 6. The molecule has 1 N–H and O–H groups in total. The predicted octanol–water partition coefficient (Wildman–Crippen LogP) is 4.42. The number of halogens is 3. The van der Waals surface area contributed by atoms with Crippen LogP contribution >= 0.6 is 11.6 Å². The molecule has 32 heavy (non-hydrogen) atoms. The van der Waals surface area contributed by atoms with Crippen LogP contribution in [-0.4, -0.2) is 25.2 Å². The minimum atomic E-state index is -0.700. The van der Waals surface area contributed by atoms with Crippen molar-refractivity contribution in [3.8, 4) is 0 Å². The van der Waals surface area contributed by atoms with Crippen LogP contribution in [0.3, 0.4) is 0 Å². The predicted molar refractivity (Wildman–Crippen MR) is 116 cm³/mol. The van der Waals surface area contributed by atoms with Crippen LogP contribution in [0.15, 0.2) is 60.9 Å². The molecule has 4 rings (SSSR count). The largest absolute Gasteiger partial charge is 0.338 e. The number of nitrogens with one attached hydrogen (secondary N) is 1. The summed E-state index contributed by atoms with van der Waals surface area (Å²) in [5, 5.41) is 7.44. The lowest BCUT2D eigenvalue weighted by atomic mass is 10.1. The summed E-state index contributed by atoms with van der Waals surface area (Å²) in [6.45, 7) is 1.96. The Kier molecular flexibility index (Phi) is 6.05. The van der Waals surface area contributed by atoms with Gasteiger partial charge in [0.1, 0.15) is 28.7 Å². The van der Waals surface area contributed by atoms with Crippen LogP contribution in [0.1, 0.15) is 39.0 Å². The van der Waals surface area contributed by atoms with Crippen LogP contribution < -0.4 is 5.32 Å². The summed E-state index contributed by atoms with van der Waals surface area (Å²) >= 11 is 6.50. The summed E-state index contributed by atoms with van der Waals surface area (Å²) in [7, 11) is 1.79. The van der Waals surface area contributed by atoms with Gasteiger partial charge in [-0.1, -0.05) is 35.9 Å². The summed E-state index contributed by atoms with van der Waals surface area (Å²) in [5.41, 5.74) is 1.98. The van der Waals surface area contributed by atoms with E-state index in [1.165, 1.54) is 28.9 Å². The first-order valence-corrected chi connectivity index (χ1v) is 10.2. The van der Waals surface area contributed by atoms with Gasteiger partial charge in [-0.15, -0.1) is 0 Å². The Morgan fingerprint density at radius 2 is 1.91 bits per heavy atom. The number of amides is 1. The van der Waals surface area contributed by atoms with Crippen molar-refractivity contribution in [3.05, 3.63) is 106 Å². The Bertz CT molecular complexity index is 1270. The van der Waals surface area contributed by atoms with Crippen LogP contribution in [-0.2, 0) is 13.6 Å². The van der Waals surface area contributed by atoms with Gasteiger partial charge in [0.25, 0.3) is 5.91 Å². The highest BCUT2D eigenvalue weighted by Crippen LogP contribution is 2.25. The summed E-state index contributed by atoms with van der Waals surface area (Å²) in [4.78, 5) is 17.6. The quantitative estimate of drug-likeness (QED) is 0.468. The third-order valence-corrected chi connectivity index (χ3v) is 5.50. The van der Waals surface area contributed by atoms with Gasteiger partial charge in [0.15, 0.2) is 0 Å². The number of imidazole rings is 1. The molecule has 0 aliphatic rings. The third-order valence-electron chi connectivity index (χ3n) is 5.11. The SMILES string of the molecule is Cc1nn(Cc2ccc(F)cc2)c(Cl)c1C(=O)NC(c1cccc(F)c1)c1nccn1C. The molecule has 0 saturated carbocycles. The number of aromatic nitrogens is 4. The minimum absolute atomic E-state index is 0.155. The normalized spacial score (nSPS) is 12.0. The molecule has 164 valence electrons. The summed E-state index contributed by atoms with van der Waals surface area (Å²) in [6, 6.07) is 11.2. The van der Waals surface area contributed by atoms with Crippen molar-refractivity contribution in [2.45, 2.75) is 19.5 Å². The second-order valence-electron chi connectivity index (χ2n) is 7.39. The minimum Gasteiger partial charge on any atom is -0.338 e. The number of carbonyl (C=O) groups excluding carboxylic acids is 1. The van der Waals surface area contributed by atoms with E-state index in [0.29, 0.717) is 17.1 Å². The zero-order chi connectivity index (χ0) is 22.8. The van der Waals surface area contributed by atoms with Crippen molar-refractivity contribution in [1.29, 1.82) is 0 Å². The first-order valence-electron chi connectivity index (χ1n) is 9.84. The number of benzene rings is 2. The van der Waals surface area contributed by atoms with E-state index in [4.69, 9.17) is 11.6 Å². The van der Waals surface area contributed by atoms with Crippen LogP contribution in [0.5, 0.6) is 0 Å². The fourth-order valence-corrected chi connectivity index (χ4v) is 3.84. The molecule has 2 heterocycles. The number of carbonyl (C=O) groups is 1. The van der Waals surface area contributed by atoms with Crippen molar-refractivity contribution in [2.24, 2.45) is 7.05 Å². The molecule has 1 amide bonds. The van der Waals surface area contributed by atoms with Crippen molar-refractivity contribution in [3.63, 3.8) is 0 Å². The molecule has 1 unspecified atom stereocenters. The number of hydrogen-bond acceptors (Lipinski definition) is 3. The van der Waals surface area contributed by atoms with Gasteiger partial charge in [0.05, 0.1) is 17.8 Å². The molecule has 0 saturated heterocycles.